The van der Waals surface area contributed by atoms with Crippen LogP contribution in [0.4, 0.5) is 0 Å². The molecule has 8 nitrogen and oxygen atoms in total. The van der Waals surface area contributed by atoms with Crippen LogP contribution >= 0.6 is 27.5 Å². The van der Waals surface area contributed by atoms with Gasteiger partial charge in [-0.15, -0.1) is 0 Å². The summed E-state index contributed by atoms with van der Waals surface area (Å²) in [6, 6.07) is 4.83. The number of aromatic nitrogens is 4. The summed E-state index contributed by atoms with van der Waals surface area (Å²) < 4.78 is 29.6. The topological polar surface area (TPSA) is 96.0 Å². The van der Waals surface area contributed by atoms with E-state index in [9.17, 15) is 18.0 Å². The number of aryl methyl sites for hydroxylation is 2. The van der Waals surface area contributed by atoms with E-state index in [1.807, 2.05) is 0 Å². The Morgan fingerprint density at radius 2 is 1.77 bits per heavy atom. The highest BCUT2D eigenvalue weighted by Gasteiger charge is 2.26. The highest BCUT2D eigenvalue weighted by atomic mass is 79.9. The van der Waals surface area contributed by atoms with Gasteiger partial charge in [0.05, 0.1) is 10.8 Å². The highest BCUT2D eigenvalue weighted by Crippen LogP contribution is 2.25. The minimum absolute atomic E-state index is 0.0213. The second kappa shape index (κ2) is 6.36. The van der Waals surface area contributed by atoms with E-state index < -0.39 is 21.1 Å². The summed E-state index contributed by atoms with van der Waals surface area (Å²) in [5.41, 5.74) is -0.641. The van der Waals surface area contributed by atoms with Gasteiger partial charge in [-0.25, -0.2) is 13.2 Å². The molecule has 0 radical (unpaired) electrons. The molecule has 2 aromatic heterocycles. The predicted molar refractivity (Wildman–Crippen MR) is 101 cm³/mol. The van der Waals surface area contributed by atoms with Crippen LogP contribution in [0.2, 0.25) is 5.02 Å². The Bertz CT molecular complexity index is 1270. The number of benzene rings is 1. The van der Waals surface area contributed by atoms with Crippen LogP contribution in [0.25, 0.3) is 11.2 Å². The first kappa shape index (κ1) is 18.9. The first-order valence-electron chi connectivity index (χ1n) is 7.33. The van der Waals surface area contributed by atoms with Gasteiger partial charge in [-0.1, -0.05) is 17.7 Å². The van der Waals surface area contributed by atoms with Crippen LogP contribution in [0.15, 0.2) is 37.4 Å². The molecule has 0 N–H and O–H groups in total. The fourth-order valence-electron chi connectivity index (χ4n) is 2.69. The number of hydrogen-bond acceptors (Lipinski definition) is 5. The first-order valence-corrected chi connectivity index (χ1v) is 10.2. The normalized spacial score (nSPS) is 12.0. The Balaban J connectivity index is 2.21. The van der Waals surface area contributed by atoms with Crippen LogP contribution in [0.1, 0.15) is 5.56 Å². The Kier molecular flexibility index (Phi) is 4.62. The predicted octanol–water partition coefficient (Wildman–Crippen LogP) is 1.36. The molecule has 0 saturated heterocycles. The Morgan fingerprint density at radius 1 is 1.12 bits per heavy atom. The van der Waals surface area contributed by atoms with Crippen LogP contribution in [0.5, 0.6) is 0 Å². The fourth-order valence-corrected chi connectivity index (χ4v) is 4.62. The first-order chi connectivity index (χ1) is 12.0. The molecule has 26 heavy (non-hydrogen) atoms. The molecule has 1 aromatic carbocycles. The number of fused-ring (bicyclic) bond motifs is 1. The molecule has 0 aliphatic rings. The zero-order chi connectivity index (χ0) is 19.4. The van der Waals surface area contributed by atoms with Gasteiger partial charge in [0.25, 0.3) is 5.56 Å². The van der Waals surface area contributed by atoms with E-state index in [0.29, 0.717) is 15.1 Å². The molecule has 0 amide bonds. The minimum Gasteiger partial charge on any atom is -0.312 e. The molecule has 0 aliphatic carbocycles. The van der Waals surface area contributed by atoms with Crippen LogP contribution < -0.4 is 11.2 Å². The Labute approximate surface area is 161 Å². The van der Waals surface area contributed by atoms with Gasteiger partial charge in [-0.3, -0.25) is 13.9 Å². The van der Waals surface area contributed by atoms with E-state index in [4.69, 9.17) is 11.6 Å². The van der Waals surface area contributed by atoms with Gasteiger partial charge >= 0.3 is 5.69 Å². The lowest BCUT2D eigenvalue weighted by Gasteiger charge is -2.06. The van der Waals surface area contributed by atoms with Crippen molar-refractivity contribution in [2.75, 3.05) is 0 Å². The molecule has 138 valence electrons. The average molecular weight is 462 g/mol. The third kappa shape index (κ3) is 2.91. The van der Waals surface area contributed by atoms with E-state index in [2.05, 4.69) is 20.9 Å². The van der Waals surface area contributed by atoms with Gasteiger partial charge in [0.2, 0.25) is 15.0 Å². The largest absolute Gasteiger partial charge is 0.332 e. The summed E-state index contributed by atoms with van der Waals surface area (Å²) in [5, 5.41) is 0.101. The molecular weight excluding hydrogens is 448 g/mol. The van der Waals surface area contributed by atoms with Crippen molar-refractivity contribution < 1.29 is 8.42 Å². The van der Waals surface area contributed by atoms with Gasteiger partial charge in [0.15, 0.2) is 11.2 Å². The van der Waals surface area contributed by atoms with Gasteiger partial charge in [0.1, 0.15) is 0 Å². The summed E-state index contributed by atoms with van der Waals surface area (Å²) >= 11 is 9.27. The van der Waals surface area contributed by atoms with Crippen LogP contribution in [-0.4, -0.2) is 27.1 Å². The minimum atomic E-state index is -3.88. The number of nitrogens with zero attached hydrogens (tertiary/aromatic N) is 4. The standard InChI is InChI=1S/C15H14BrClN4O4S/c1-19-11-12(20(2)15(23)21(3)13(11)22)18-14(19)26(24,25)7-8-4-5-9(16)10(17)6-8/h4-6H,7H2,1-3H3. The summed E-state index contributed by atoms with van der Waals surface area (Å²) in [6.07, 6.45) is 0. The number of rotatable bonds is 3. The number of sulfone groups is 1. The van der Waals surface area contributed by atoms with Crippen molar-refractivity contribution in [1.29, 1.82) is 0 Å². The maximum Gasteiger partial charge on any atom is 0.332 e. The zero-order valence-electron chi connectivity index (χ0n) is 14.0. The van der Waals surface area contributed by atoms with E-state index >= 15 is 0 Å². The Morgan fingerprint density at radius 3 is 2.38 bits per heavy atom. The molecular formula is C15H14BrClN4O4S. The summed E-state index contributed by atoms with van der Waals surface area (Å²) in [7, 11) is 0.314. The maximum absolute atomic E-state index is 12.8. The number of imidazole rings is 1. The molecule has 0 aliphatic heterocycles. The maximum atomic E-state index is 12.8. The van der Waals surface area contributed by atoms with Gasteiger partial charge in [-0.2, -0.15) is 4.98 Å². The molecule has 0 spiro atoms. The van der Waals surface area contributed by atoms with Crippen molar-refractivity contribution in [3.63, 3.8) is 0 Å². The third-order valence-corrected chi connectivity index (χ3v) is 6.92. The Hall–Kier alpha value is -1.91. The monoisotopic (exact) mass is 460 g/mol. The van der Waals surface area contributed by atoms with E-state index in [-0.39, 0.29) is 22.1 Å². The van der Waals surface area contributed by atoms with Crippen molar-refractivity contribution in [3.05, 3.63) is 54.1 Å². The summed E-state index contributed by atoms with van der Waals surface area (Å²) in [4.78, 5) is 28.5. The lowest BCUT2D eigenvalue weighted by Crippen LogP contribution is -2.37. The van der Waals surface area contributed by atoms with Gasteiger partial charge in [0, 0.05) is 25.6 Å². The van der Waals surface area contributed by atoms with Crippen molar-refractivity contribution in [1.82, 2.24) is 18.7 Å². The second-order valence-electron chi connectivity index (χ2n) is 5.84. The second-order valence-corrected chi connectivity index (χ2v) is 8.98. The van der Waals surface area contributed by atoms with Crippen molar-refractivity contribution in [3.8, 4) is 0 Å². The van der Waals surface area contributed by atoms with Gasteiger partial charge < -0.3 is 4.57 Å². The molecule has 2 heterocycles. The molecule has 11 heteroatoms. The third-order valence-electron chi connectivity index (χ3n) is 4.05. The smallest absolute Gasteiger partial charge is 0.312 e. The molecule has 3 rings (SSSR count). The molecule has 0 saturated carbocycles. The number of halogens is 2. The molecule has 3 aromatic rings. The van der Waals surface area contributed by atoms with Crippen LogP contribution in [0.3, 0.4) is 0 Å². The van der Waals surface area contributed by atoms with Crippen molar-refractivity contribution >= 4 is 48.5 Å². The van der Waals surface area contributed by atoms with Crippen molar-refractivity contribution in [2.45, 2.75) is 10.9 Å². The van der Waals surface area contributed by atoms with Gasteiger partial charge in [-0.05, 0) is 33.6 Å². The molecule has 0 fully saturated rings. The molecule has 0 unspecified atom stereocenters. The lowest BCUT2D eigenvalue weighted by atomic mass is 10.2. The van der Waals surface area contributed by atoms with E-state index in [1.165, 1.54) is 25.7 Å². The van der Waals surface area contributed by atoms with Crippen LogP contribution in [-0.2, 0) is 36.7 Å². The van der Waals surface area contributed by atoms with Crippen molar-refractivity contribution in [2.24, 2.45) is 21.1 Å². The molecule has 0 atom stereocenters. The number of hydrogen-bond donors (Lipinski definition) is 0. The zero-order valence-corrected chi connectivity index (χ0v) is 17.2. The molecule has 0 bridgehead atoms. The quantitative estimate of drug-likeness (QED) is 0.587. The van der Waals surface area contributed by atoms with E-state index in [0.717, 1.165) is 9.13 Å². The average Bonchev–Trinajstić information content (AvgIpc) is 2.92. The van der Waals surface area contributed by atoms with E-state index in [1.54, 1.807) is 18.2 Å². The SMILES string of the molecule is Cn1c(=O)c2c(nc(S(=O)(=O)Cc3ccc(Br)c(Cl)c3)n2C)n(C)c1=O. The summed E-state index contributed by atoms with van der Waals surface area (Å²) in [6.45, 7) is 0. The fraction of sp³-hybridized carbons (Fsp3) is 0.267. The summed E-state index contributed by atoms with van der Waals surface area (Å²) in [5.74, 6) is -0.342. The van der Waals surface area contributed by atoms with Crippen LogP contribution in [0, 0.1) is 0 Å². The lowest BCUT2D eigenvalue weighted by molar-refractivity contribution is 0.579. The highest BCUT2D eigenvalue weighted by molar-refractivity contribution is 9.10.